The van der Waals surface area contributed by atoms with Crippen molar-refractivity contribution in [2.75, 3.05) is 37.8 Å². The third-order valence-corrected chi connectivity index (χ3v) is 5.71. The van der Waals surface area contributed by atoms with Gasteiger partial charge in [0.05, 0.1) is 34.7 Å². The molecule has 1 fully saturated rings. The molecule has 2 amide bonds. The van der Waals surface area contributed by atoms with Gasteiger partial charge in [0.2, 0.25) is 10.0 Å². The normalized spacial score (nSPS) is 19.3. The first-order valence-electron chi connectivity index (χ1n) is 7.36. The van der Waals surface area contributed by atoms with E-state index in [0.717, 1.165) is 10.2 Å². The van der Waals surface area contributed by atoms with Crippen LogP contribution in [0.5, 0.6) is 0 Å². The van der Waals surface area contributed by atoms with E-state index in [4.69, 9.17) is 4.74 Å². The number of nitrogens with zero attached hydrogens (tertiary/aromatic N) is 2. The summed E-state index contributed by atoms with van der Waals surface area (Å²) in [5.41, 5.74) is 3.32. The summed E-state index contributed by atoms with van der Waals surface area (Å²) in [6, 6.07) is 5.12. The molecule has 1 atom stereocenters. The number of amides is 2. The van der Waals surface area contributed by atoms with E-state index in [1.807, 2.05) is 12.1 Å². The van der Waals surface area contributed by atoms with Crippen molar-refractivity contribution >= 4 is 43.3 Å². The van der Waals surface area contributed by atoms with Crippen molar-refractivity contribution in [1.29, 1.82) is 0 Å². The number of hydrogen-bond acceptors (Lipinski definition) is 6. The van der Waals surface area contributed by atoms with Gasteiger partial charge in [-0.1, -0.05) is 0 Å². The van der Waals surface area contributed by atoms with Crippen molar-refractivity contribution in [2.45, 2.75) is 6.10 Å². The predicted molar refractivity (Wildman–Crippen MR) is 92.8 cm³/mol. The standard InChI is InChI=1S/C14H18N4O4S2/c1-24(20,21)18-4-5-22-11(8-18)7-15-14(19)17-10-2-3-12-13(6-10)23-9-16-12/h2-3,6,9,11H,4-5,7-8H2,1H3,(H2,15,17,19)/t11-/m1/s1. The average Bonchev–Trinajstić information content (AvgIpc) is 3.00. The summed E-state index contributed by atoms with van der Waals surface area (Å²) in [4.78, 5) is 16.2. The second-order valence-corrected chi connectivity index (χ2v) is 8.35. The second kappa shape index (κ2) is 7.01. The number of sulfonamides is 1. The number of carbonyl (C=O) groups is 1. The molecule has 10 heteroatoms. The highest BCUT2D eigenvalue weighted by Crippen LogP contribution is 2.21. The maximum absolute atomic E-state index is 12.0. The predicted octanol–water partition coefficient (Wildman–Crippen LogP) is 1.08. The van der Waals surface area contributed by atoms with Crippen molar-refractivity contribution in [2.24, 2.45) is 0 Å². The molecular weight excluding hydrogens is 352 g/mol. The monoisotopic (exact) mass is 370 g/mol. The van der Waals surface area contributed by atoms with Crippen LogP contribution in [0.3, 0.4) is 0 Å². The fraction of sp³-hybridized carbons (Fsp3) is 0.429. The summed E-state index contributed by atoms with van der Waals surface area (Å²) in [5.74, 6) is 0. The Morgan fingerprint density at radius 3 is 3.12 bits per heavy atom. The quantitative estimate of drug-likeness (QED) is 0.839. The number of ether oxygens (including phenoxy) is 1. The Morgan fingerprint density at radius 1 is 1.50 bits per heavy atom. The molecule has 0 unspecified atom stereocenters. The summed E-state index contributed by atoms with van der Waals surface area (Å²) >= 11 is 1.50. The van der Waals surface area contributed by atoms with Gasteiger partial charge in [-0.15, -0.1) is 11.3 Å². The topological polar surface area (TPSA) is 101 Å². The Hall–Kier alpha value is -1.75. The molecule has 1 saturated heterocycles. The zero-order valence-corrected chi connectivity index (χ0v) is 14.7. The van der Waals surface area contributed by atoms with Crippen molar-refractivity contribution in [3.8, 4) is 0 Å². The Balaban J connectivity index is 1.51. The van der Waals surface area contributed by atoms with Crippen LogP contribution >= 0.6 is 11.3 Å². The van der Waals surface area contributed by atoms with Crippen LogP contribution in [0.15, 0.2) is 23.7 Å². The molecule has 0 bridgehead atoms. The third kappa shape index (κ3) is 4.20. The summed E-state index contributed by atoms with van der Waals surface area (Å²) < 4.78 is 31.0. The molecular formula is C14H18N4O4S2. The van der Waals surface area contributed by atoms with E-state index in [0.29, 0.717) is 18.8 Å². The van der Waals surface area contributed by atoms with E-state index < -0.39 is 10.0 Å². The third-order valence-electron chi connectivity index (χ3n) is 3.65. The van der Waals surface area contributed by atoms with Crippen LogP contribution in [0.1, 0.15) is 0 Å². The van der Waals surface area contributed by atoms with Crippen molar-refractivity contribution in [1.82, 2.24) is 14.6 Å². The average molecular weight is 370 g/mol. The number of benzene rings is 1. The maximum Gasteiger partial charge on any atom is 0.319 e. The van der Waals surface area contributed by atoms with Crippen molar-refractivity contribution in [3.05, 3.63) is 23.7 Å². The Kier molecular flexibility index (Phi) is 4.99. The first-order chi connectivity index (χ1) is 11.4. The lowest BCUT2D eigenvalue weighted by molar-refractivity contribution is 0.00167. The number of nitrogens with one attached hydrogen (secondary N) is 2. The van der Waals surface area contributed by atoms with E-state index in [2.05, 4.69) is 15.6 Å². The number of thiazole rings is 1. The highest BCUT2D eigenvalue weighted by Gasteiger charge is 2.26. The zero-order valence-electron chi connectivity index (χ0n) is 13.1. The van der Waals surface area contributed by atoms with Gasteiger partial charge >= 0.3 is 6.03 Å². The molecule has 0 saturated carbocycles. The number of morpholine rings is 1. The molecule has 0 spiro atoms. The molecule has 1 aliphatic heterocycles. The SMILES string of the molecule is CS(=O)(=O)N1CCO[C@H](CNC(=O)Nc2ccc3ncsc3c2)C1. The van der Waals surface area contributed by atoms with Gasteiger partial charge in [0.15, 0.2) is 0 Å². The lowest BCUT2D eigenvalue weighted by Crippen LogP contribution is -2.49. The second-order valence-electron chi connectivity index (χ2n) is 5.48. The molecule has 2 N–H and O–H groups in total. The van der Waals surface area contributed by atoms with E-state index in [1.54, 1.807) is 11.6 Å². The summed E-state index contributed by atoms with van der Waals surface area (Å²) in [6.45, 7) is 1.14. The first kappa shape index (κ1) is 17.1. The van der Waals surface area contributed by atoms with Crippen LogP contribution in [0.2, 0.25) is 0 Å². The van der Waals surface area contributed by atoms with Gasteiger partial charge < -0.3 is 15.4 Å². The molecule has 1 aromatic heterocycles. The van der Waals surface area contributed by atoms with Crippen LogP contribution in [0.25, 0.3) is 10.2 Å². The fourth-order valence-electron chi connectivity index (χ4n) is 2.43. The smallest absolute Gasteiger partial charge is 0.319 e. The minimum Gasteiger partial charge on any atom is -0.374 e. The minimum absolute atomic E-state index is 0.237. The molecule has 8 nitrogen and oxygen atoms in total. The summed E-state index contributed by atoms with van der Waals surface area (Å²) in [7, 11) is -3.24. The van der Waals surface area contributed by atoms with Crippen LogP contribution in [-0.4, -0.2) is 62.3 Å². The molecule has 130 valence electrons. The van der Waals surface area contributed by atoms with Crippen LogP contribution in [-0.2, 0) is 14.8 Å². The Labute approximate surface area is 143 Å². The van der Waals surface area contributed by atoms with E-state index in [9.17, 15) is 13.2 Å². The molecule has 24 heavy (non-hydrogen) atoms. The number of carbonyl (C=O) groups excluding carboxylic acids is 1. The number of fused-ring (bicyclic) bond motifs is 1. The Morgan fingerprint density at radius 2 is 2.33 bits per heavy atom. The first-order valence-corrected chi connectivity index (χ1v) is 10.1. The largest absolute Gasteiger partial charge is 0.374 e. The van der Waals surface area contributed by atoms with E-state index in [-0.39, 0.29) is 25.2 Å². The molecule has 0 aliphatic carbocycles. The maximum atomic E-state index is 12.0. The molecule has 2 heterocycles. The van der Waals surface area contributed by atoms with Crippen LogP contribution < -0.4 is 10.6 Å². The number of hydrogen-bond donors (Lipinski definition) is 2. The van der Waals surface area contributed by atoms with Crippen molar-refractivity contribution in [3.63, 3.8) is 0 Å². The molecule has 3 rings (SSSR count). The van der Waals surface area contributed by atoms with Crippen molar-refractivity contribution < 1.29 is 17.9 Å². The van der Waals surface area contributed by atoms with Crippen LogP contribution in [0.4, 0.5) is 10.5 Å². The highest BCUT2D eigenvalue weighted by molar-refractivity contribution is 7.88. The fourth-order valence-corrected chi connectivity index (χ4v) is 3.99. The number of urea groups is 1. The number of aromatic nitrogens is 1. The van der Waals surface area contributed by atoms with Gasteiger partial charge in [0.25, 0.3) is 0 Å². The van der Waals surface area contributed by atoms with Gasteiger partial charge in [-0.3, -0.25) is 0 Å². The minimum atomic E-state index is -3.24. The van der Waals surface area contributed by atoms with E-state index >= 15 is 0 Å². The molecule has 1 aliphatic rings. The summed E-state index contributed by atoms with van der Waals surface area (Å²) in [5, 5.41) is 5.45. The zero-order chi connectivity index (χ0) is 17.2. The number of rotatable bonds is 4. The summed E-state index contributed by atoms with van der Waals surface area (Å²) in [6.07, 6.45) is 0.814. The highest BCUT2D eigenvalue weighted by atomic mass is 32.2. The lowest BCUT2D eigenvalue weighted by Gasteiger charge is -2.31. The number of anilines is 1. The molecule has 2 aromatic rings. The molecule has 0 radical (unpaired) electrons. The Bertz CT molecular complexity index is 836. The van der Waals surface area contributed by atoms with Gasteiger partial charge in [-0.05, 0) is 18.2 Å². The van der Waals surface area contributed by atoms with Crippen LogP contribution in [0, 0.1) is 0 Å². The van der Waals surface area contributed by atoms with Gasteiger partial charge in [-0.2, -0.15) is 4.31 Å². The van der Waals surface area contributed by atoms with Gasteiger partial charge in [-0.25, -0.2) is 18.2 Å². The van der Waals surface area contributed by atoms with E-state index in [1.165, 1.54) is 21.9 Å². The lowest BCUT2D eigenvalue weighted by atomic mass is 10.3. The van der Waals surface area contributed by atoms with Gasteiger partial charge in [0, 0.05) is 25.3 Å². The van der Waals surface area contributed by atoms with Gasteiger partial charge in [0.1, 0.15) is 0 Å². The molecule has 1 aromatic carbocycles.